The molecule has 1 aliphatic heterocycles. The minimum Gasteiger partial charge on any atom is -0.493 e. The predicted molar refractivity (Wildman–Crippen MR) is 108 cm³/mol. The average Bonchev–Trinajstić information content (AvgIpc) is 2.65. The smallest absolute Gasteiger partial charge is 0.493 e. The van der Waals surface area contributed by atoms with Crippen LogP contribution in [0.5, 0.6) is 11.5 Å². The number of carbonyl (C=O) groups is 3. The maximum absolute atomic E-state index is 12.4. The van der Waals surface area contributed by atoms with Crippen molar-refractivity contribution in [3.05, 3.63) is 23.8 Å². The van der Waals surface area contributed by atoms with E-state index in [-0.39, 0.29) is 36.0 Å². The highest BCUT2D eigenvalue weighted by Gasteiger charge is 2.31. The Bertz CT molecular complexity index is 760. The summed E-state index contributed by atoms with van der Waals surface area (Å²) in [5.41, 5.74) is 0.130. The summed E-state index contributed by atoms with van der Waals surface area (Å²) in [6, 6.07) is 5.10. The molecule has 1 saturated heterocycles. The van der Waals surface area contributed by atoms with E-state index in [1.807, 2.05) is 0 Å². The quantitative estimate of drug-likeness (QED) is 0.505. The second-order valence-corrected chi connectivity index (χ2v) is 8.55. The number of thioether (sulfide) groups is 1. The molecule has 0 bridgehead atoms. The van der Waals surface area contributed by atoms with E-state index in [0.717, 1.165) is 5.56 Å². The summed E-state index contributed by atoms with van der Waals surface area (Å²) in [5, 5.41) is -0.273. The standard InChI is InChI=1S/C20H27NO7S/c1-20(2,3)28-19(24)27-14-7-6-13(12-15(14)25-4)18-21(10-8-17(23)26-5)16(22)9-11-29-18/h6-7,12,18H,8-11H2,1-5H3. The van der Waals surface area contributed by atoms with Crippen molar-refractivity contribution in [2.45, 2.75) is 44.6 Å². The van der Waals surface area contributed by atoms with Gasteiger partial charge in [0.1, 0.15) is 11.0 Å². The van der Waals surface area contributed by atoms with Gasteiger partial charge in [-0.15, -0.1) is 11.8 Å². The van der Waals surface area contributed by atoms with Crippen LogP contribution in [0.2, 0.25) is 0 Å². The van der Waals surface area contributed by atoms with Gasteiger partial charge in [-0.3, -0.25) is 9.59 Å². The third-order valence-electron chi connectivity index (χ3n) is 4.04. The van der Waals surface area contributed by atoms with E-state index in [2.05, 4.69) is 4.74 Å². The van der Waals surface area contributed by atoms with Crippen LogP contribution in [0.1, 0.15) is 44.6 Å². The molecule has 1 aromatic carbocycles. The number of hydrogen-bond donors (Lipinski definition) is 0. The minimum absolute atomic E-state index is 0.0225. The fourth-order valence-electron chi connectivity index (χ4n) is 2.74. The first-order chi connectivity index (χ1) is 13.6. The third-order valence-corrected chi connectivity index (χ3v) is 5.32. The van der Waals surface area contributed by atoms with Crippen LogP contribution in [-0.4, -0.2) is 55.1 Å². The van der Waals surface area contributed by atoms with Crippen molar-refractivity contribution in [3.63, 3.8) is 0 Å². The summed E-state index contributed by atoms with van der Waals surface area (Å²) >= 11 is 1.60. The van der Waals surface area contributed by atoms with Crippen molar-refractivity contribution < 1.29 is 33.3 Å². The fourth-order valence-corrected chi connectivity index (χ4v) is 3.99. The fraction of sp³-hybridized carbons (Fsp3) is 0.550. The molecule has 0 spiro atoms. The van der Waals surface area contributed by atoms with Crippen LogP contribution < -0.4 is 9.47 Å². The zero-order chi connectivity index (χ0) is 21.6. The lowest BCUT2D eigenvalue weighted by atomic mass is 10.1. The lowest BCUT2D eigenvalue weighted by molar-refractivity contribution is -0.142. The van der Waals surface area contributed by atoms with Gasteiger partial charge in [0, 0.05) is 18.7 Å². The van der Waals surface area contributed by atoms with E-state index in [1.165, 1.54) is 14.2 Å². The molecule has 9 heteroatoms. The number of nitrogens with zero attached hydrogens (tertiary/aromatic N) is 1. The van der Waals surface area contributed by atoms with Crippen molar-refractivity contribution in [1.29, 1.82) is 0 Å². The normalized spacial score (nSPS) is 16.9. The van der Waals surface area contributed by atoms with Gasteiger partial charge in [-0.2, -0.15) is 0 Å². The summed E-state index contributed by atoms with van der Waals surface area (Å²) < 4.78 is 20.5. The van der Waals surface area contributed by atoms with Crippen LogP contribution in [0.15, 0.2) is 18.2 Å². The molecule has 1 atom stereocenters. The number of hydrogen-bond acceptors (Lipinski definition) is 8. The molecule has 1 aliphatic rings. The van der Waals surface area contributed by atoms with E-state index in [9.17, 15) is 14.4 Å². The van der Waals surface area contributed by atoms with E-state index in [1.54, 1.807) is 55.6 Å². The molecule has 0 saturated carbocycles. The number of methoxy groups -OCH3 is 2. The molecule has 1 amide bonds. The monoisotopic (exact) mass is 425 g/mol. The molecule has 29 heavy (non-hydrogen) atoms. The van der Waals surface area contributed by atoms with Gasteiger partial charge in [0.05, 0.1) is 20.6 Å². The Morgan fingerprint density at radius 1 is 1.21 bits per heavy atom. The lowest BCUT2D eigenvalue weighted by Gasteiger charge is -2.35. The maximum atomic E-state index is 12.4. The molecular weight excluding hydrogens is 398 g/mol. The minimum atomic E-state index is -0.828. The van der Waals surface area contributed by atoms with Crippen molar-refractivity contribution in [1.82, 2.24) is 4.90 Å². The number of ether oxygens (including phenoxy) is 4. The molecule has 1 aromatic rings. The van der Waals surface area contributed by atoms with Crippen LogP contribution in [0.4, 0.5) is 4.79 Å². The van der Waals surface area contributed by atoms with Crippen molar-refractivity contribution in [3.8, 4) is 11.5 Å². The van der Waals surface area contributed by atoms with E-state index in [4.69, 9.17) is 14.2 Å². The van der Waals surface area contributed by atoms with Gasteiger partial charge in [0.2, 0.25) is 5.91 Å². The number of carbonyl (C=O) groups excluding carboxylic acids is 3. The lowest BCUT2D eigenvalue weighted by Crippen LogP contribution is -2.38. The topological polar surface area (TPSA) is 91.4 Å². The molecule has 0 N–H and O–H groups in total. The van der Waals surface area contributed by atoms with Gasteiger partial charge in [-0.1, -0.05) is 6.07 Å². The molecule has 160 valence electrons. The van der Waals surface area contributed by atoms with Crippen molar-refractivity contribution >= 4 is 29.8 Å². The SMILES string of the molecule is COC(=O)CCN1C(=O)CCSC1c1ccc(OC(=O)OC(C)(C)C)c(OC)c1. The van der Waals surface area contributed by atoms with Crippen molar-refractivity contribution in [2.24, 2.45) is 0 Å². The maximum Gasteiger partial charge on any atom is 0.514 e. The Balaban J connectivity index is 2.20. The molecule has 0 radical (unpaired) electrons. The summed E-state index contributed by atoms with van der Waals surface area (Å²) in [7, 11) is 2.79. The second-order valence-electron chi connectivity index (χ2n) is 7.36. The van der Waals surface area contributed by atoms with Crippen LogP contribution in [0.3, 0.4) is 0 Å². The van der Waals surface area contributed by atoms with Gasteiger partial charge < -0.3 is 23.8 Å². The molecule has 2 rings (SSSR count). The Labute approximate surface area is 174 Å². The Kier molecular flexibility index (Phi) is 7.78. The van der Waals surface area contributed by atoms with Gasteiger partial charge in [-0.05, 0) is 38.5 Å². The molecule has 1 heterocycles. The van der Waals surface area contributed by atoms with Crippen LogP contribution in [0.25, 0.3) is 0 Å². The van der Waals surface area contributed by atoms with Crippen LogP contribution in [0, 0.1) is 0 Å². The molecule has 0 aromatic heterocycles. The predicted octanol–water partition coefficient (Wildman–Crippen LogP) is 3.54. The van der Waals surface area contributed by atoms with Gasteiger partial charge >= 0.3 is 12.1 Å². The van der Waals surface area contributed by atoms with E-state index < -0.39 is 11.8 Å². The highest BCUT2D eigenvalue weighted by molar-refractivity contribution is 7.99. The second kappa shape index (κ2) is 9.87. The van der Waals surface area contributed by atoms with E-state index >= 15 is 0 Å². The van der Waals surface area contributed by atoms with Crippen LogP contribution in [-0.2, 0) is 19.1 Å². The molecule has 0 aliphatic carbocycles. The average molecular weight is 426 g/mol. The summed E-state index contributed by atoms with van der Waals surface area (Å²) in [5.74, 6) is 0.853. The number of rotatable bonds is 6. The zero-order valence-corrected chi connectivity index (χ0v) is 18.2. The van der Waals surface area contributed by atoms with Crippen molar-refractivity contribution in [2.75, 3.05) is 26.5 Å². The van der Waals surface area contributed by atoms with Gasteiger partial charge in [-0.25, -0.2) is 4.79 Å². The molecular formula is C20H27NO7S. The van der Waals surface area contributed by atoms with E-state index in [0.29, 0.717) is 17.9 Å². The molecule has 1 unspecified atom stereocenters. The first-order valence-corrected chi connectivity index (χ1v) is 10.3. The first kappa shape index (κ1) is 22.9. The number of esters is 1. The first-order valence-electron chi connectivity index (χ1n) is 9.21. The zero-order valence-electron chi connectivity index (χ0n) is 17.4. The van der Waals surface area contributed by atoms with Crippen LogP contribution >= 0.6 is 11.8 Å². The molecule has 1 fully saturated rings. The Morgan fingerprint density at radius 2 is 1.93 bits per heavy atom. The molecule has 8 nitrogen and oxygen atoms in total. The Morgan fingerprint density at radius 3 is 2.55 bits per heavy atom. The highest BCUT2D eigenvalue weighted by atomic mass is 32.2. The largest absolute Gasteiger partial charge is 0.514 e. The van der Waals surface area contributed by atoms with Gasteiger partial charge in [0.25, 0.3) is 0 Å². The summed E-state index contributed by atoms with van der Waals surface area (Å²) in [6.07, 6.45) is -0.291. The highest BCUT2D eigenvalue weighted by Crippen LogP contribution is 2.40. The van der Waals surface area contributed by atoms with Gasteiger partial charge in [0.15, 0.2) is 11.5 Å². The third kappa shape index (κ3) is 6.56. The Hall–Kier alpha value is -2.42. The number of amides is 1. The summed E-state index contributed by atoms with van der Waals surface area (Å²) in [6.45, 7) is 5.50. The summed E-state index contributed by atoms with van der Waals surface area (Å²) in [4.78, 5) is 37.5. The number of benzene rings is 1.